The molecular weight excluding hydrogens is 316 g/mol. The lowest BCUT2D eigenvalue weighted by atomic mass is 9.83. The molecule has 0 aliphatic carbocycles. The molecule has 1 saturated heterocycles. The van der Waals surface area contributed by atoms with Gasteiger partial charge in [0.25, 0.3) is 0 Å². The van der Waals surface area contributed by atoms with E-state index >= 15 is 0 Å². The maximum Gasteiger partial charge on any atom is 0.232 e. The number of halogens is 1. The molecule has 20 heavy (non-hydrogen) atoms. The van der Waals surface area contributed by atoms with E-state index in [4.69, 9.17) is 0 Å². The molecule has 2 rings (SSSR count). The van der Waals surface area contributed by atoms with Crippen molar-refractivity contribution in [3.8, 4) is 0 Å². The Morgan fingerprint density at radius 3 is 2.65 bits per heavy atom. The highest BCUT2D eigenvalue weighted by Crippen LogP contribution is 2.29. The molecule has 0 spiro atoms. The van der Waals surface area contributed by atoms with E-state index in [1.165, 1.54) is 0 Å². The first kappa shape index (κ1) is 15.5. The maximum atomic E-state index is 12.8. The topological polar surface area (TPSA) is 32.3 Å². The molecule has 1 unspecified atom stereocenters. The molecule has 0 bridgehead atoms. The molecule has 1 atom stereocenters. The molecule has 1 aromatic rings. The second-order valence-corrected chi connectivity index (χ2v) is 7.01. The summed E-state index contributed by atoms with van der Waals surface area (Å²) in [6.07, 6.45) is 1.10. The van der Waals surface area contributed by atoms with Gasteiger partial charge in [-0.25, -0.2) is 0 Å². The van der Waals surface area contributed by atoms with E-state index < -0.39 is 5.41 Å². The van der Waals surface area contributed by atoms with E-state index in [0.29, 0.717) is 5.92 Å². The first-order chi connectivity index (χ1) is 9.45. The second-order valence-electron chi connectivity index (χ2n) is 6.10. The Balaban J connectivity index is 2.09. The average Bonchev–Trinajstić information content (AvgIpc) is 2.87. The highest BCUT2D eigenvalue weighted by Gasteiger charge is 2.36. The minimum atomic E-state index is -0.463. The van der Waals surface area contributed by atoms with Gasteiger partial charge in [-0.05, 0) is 57.5 Å². The fourth-order valence-corrected chi connectivity index (χ4v) is 3.12. The number of nitrogens with zero attached hydrogens (tertiary/aromatic N) is 1. The number of likely N-dealkylation sites (tertiary alicyclic amines) is 1. The zero-order chi connectivity index (χ0) is 14.8. The van der Waals surface area contributed by atoms with Crippen LogP contribution in [0.3, 0.4) is 0 Å². The van der Waals surface area contributed by atoms with Crippen molar-refractivity contribution < 1.29 is 4.79 Å². The largest absolute Gasteiger partial charge is 0.342 e. The molecular formula is C16H23BrN2O. The Hall–Kier alpha value is -0.870. The van der Waals surface area contributed by atoms with Gasteiger partial charge >= 0.3 is 0 Å². The third kappa shape index (κ3) is 3.23. The maximum absolute atomic E-state index is 12.8. The van der Waals surface area contributed by atoms with E-state index in [9.17, 15) is 4.79 Å². The van der Waals surface area contributed by atoms with Gasteiger partial charge < -0.3 is 10.2 Å². The van der Waals surface area contributed by atoms with E-state index in [2.05, 4.69) is 21.2 Å². The summed E-state index contributed by atoms with van der Waals surface area (Å²) in [6.45, 7) is 6.78. The predicted molar refractivity (Wildman–Crippen MR) is 85.8 cm³/mol. The van der Waals surface area contributed by atoms with Crippen molar-refractivity contribution in [1.82, 2.24) is 10.2 Å². The summed E-state index contributed by atoms with van der Waals surface area (Å²) in [5.41, 5.74) is 0.609. The molecule has 0 radical (unpaired) electrons. The summed E-state index contributed by atoms with van der Waals surface area (Å²) in [6, 6.07) is 8.06. The molecule has 4 heteroatoms. The van der Waals surface area contributed by atoms with Gasteiger partial charge in [0.15, 0.2) is 0 Å². The number of rotatable bonds is 4. The molecule has 1 aliphatic heterocycles. The van der Waals surface area contributed by atoms with Crippen LogP contribution in [0.2, 0.25) is 0 Å². The van der Waals surface area contributed by atoms with Crippen molar-refractivity contribution in [3.63, 3.8) is 0 Å². The van der Waals surface area contributed by atoms with E-state index in [-0.39, 0.29) is 5.91 Å². The van der Waals surface area contributed by atoms with Gasteiger partial charge in [0, 0.05) is 17.6 Å². The number of carbonyl (C=O) groups excluding carboxylic acids is 1. The van der Waals surface area contributed by atoms with Crippen molar-refractivity contribution in [3.05, 3.63) is 34.3 Å². The highest BCUT2D eigenvalue weighted by molar-refractivity contribution is 9.10. The third-order valence-corrected chi connectivity index (χ3v) is 4.70. The van der Waals surface area contributed by atoms with Crippen LogP contribution in [-0.4, -0.2) is 37.5 Å². The van der Waals surface area contributed by atoms with Crippen molar-refractivity contribution in [1.29, 1.82) is 0 Å². The second kappa shape index (κ2) is 6.27. The van der Waals surface area contributed by atoms with Crippen LogP contribution in [0, 0.1) is 5.92 Å². The summed E-state index contributed by atoms with van der Waals surface area (Å²) < 4.78 is 1.04. The quantitative estimate of drug-likeness (QED) is 0.915. The number of benzene rings is 1. The van der Waals surface area contributed by atoms with E-state index in [1.54, 1.807) is 0 Å². The Morgan fingerprint density at radius 2 is 2.05 bits per heavy atom. The first-order valence-corrected chi connectivity index (χ1v) is 7.94. The molecule has 3 nitrogen and oxygen atoms in total. The van der Waals surface area contributed by atoms with Crippen LogP contribution in [0.5, 0.6) is 0 Å². The van der Waals surface area contributed by atoms with Gasteiger partial charge in [0.05, 0.1) is 5.41 Å². The summed E-state index contributed by atoms with van der Waals surface area (Å²) >= 11 is 3.44. The molecule has 1 fully saturated rings. The van der Waals surface area contributed by atoms with Gasteiger partial charge in [-0.3, -0.25) is 4.79 Å². The normalized spacial score (nSPS) is 19.4. The summed E-state index contributed by atoms with van der Waals surface area (Å²) in [7, 11) is 1.97. The molecule has 1 aromatic carbocycles. The Morgan fingerprint density at radius 1 is 1.40 bits per heavy atom. The lowest BCUT2D eigenvalue weighted by Gasteiger charge is -2.30. The van der Waals surface area contributed by atoms with E-state index in [1.807, 2.05) is 50.1 Å². The molecule has 0 aromatic heterocycles. The van der Waals surface area contributed by atoms with Crippen LogP contribution < -0.4 is 5.32 Å². The van der Waals surface area contributed by atoms with Crippen molar-refractivity contribution in [2.45, 2.75) is 25.7 Å². The Labute approximate surface area is 129 Å². The fourth-order valence-electron chi connectivity index (χ4n) is 2.86. The van der Waals surface area contributed by atoms with Crippen LogP contribution in [0.15, 0.2) is 28.7 Å². The van der Waals surface area contributed by atoms with Crippen molar-refractivity contribution >= 4 is 21.8 Å². The zero-order valence-corrected chi connectivity index (χ0v) is 14.0. The number of hydrogen-bond acceptors (Lipinski definition) is 2. The van der Waals surface area contributed by atoms with Crippen LogP contribution in [0.4, 0.5) is 0 Å². The number of nitrogens with one attached hydrogen (secondary N) is 1. The lowest BCUT2D eigenvalue weighted by molar-refractivity contribution is -0.135. The Bertz CT molecular complexity index is 470. The standard InChI is InChI=1S/C16H23BrN2O/c1-16(2,13-4-6-14(17)7-5-13)15(20)19-9-8-12(11-19)10-18-3/h4-7,12,18H,8-11H2,1-3H3. The molecule has 1 N–H and O–H groups in total. The summed E-state index contributed by atoms with van der Waals surface area (Å²) in [4.78, 5) is 14.8. The van der Waals surface area contributed by atoms with Gasteiger partial charge in [0.1, 0.15) is 0 Å². The summed E-state index contributed by atoms with van der Waals surface area (Å²) in [5, 5.41) is 3.20. The van der Waals surface area contributed by atoms with Gasteiger partial charge in [-0.1, -0.05) is 28.1 Å². The smallest absolute Gasteiger partial charge is 0.232 e. The number of amides is 1. The first-order valence-electron chi connectivity index (χ1n) is 7.15. The van der Waals surface area contributed by atoms with Gasteiger partial charge in [-0.15, -0.1) is 0 Å². The van der Waals surface area contributed by atoms with Crippen LogP contribution in [0.1, 0.15) is 25.8 Å². The van der Waals surface area contributed by atoms with Crippen molar-refractivity contribution in [2.24, 2.45) is 5.92 Å². The van der Waals surface area contributed by atoms with Gasteiger partial charge in [-0.2, -0.15) is 0 Å². The van der Waals surface area contributed by atoms with Crippen molar-refractivity contribution in [2.75, 3.05) is 26.7 Å². The number of hydrogen-bond donors (Lipinski definition) is 1. The predicted octanol–water partition coefficient (Wildman–Crippen LogP) is 2.79. The molecule has 1 heterocycles. The molecule has 1 amide bonds. The van der Waals surface area contributed by atoms with Crippen LogP contribution in [0.25, 0.3) is 0 Å². The highest BCUT2D eigenvalue weighted by atomic mass is 79.9. The molecule has 0 saturated carbocycles. The van der Waals surface area contributed by atoms with E-state index in [0.717, 1.165) is 36.1 Å². The van der Waals surface area contributed by atoms with Gasteiger partial charge in [0.2, 0.25) is 5.91 Å². The fraction of sp³-hybridized carbons (Fsp3) is 0.562. The SMILES string of the molecule is CNCC1CCN(C(=O)C(C)(C)c2ccc(Br)cc2)C1. The average molecular weight is 339 g/mol. The van der Waals surface area contributed by atoms with Crippen LogP contribution in [-0.2, 0) is 10.2 Å². The monoisotopic (exact) mass is 338 g/mol. The number of carbonyl (C=O) groups is 1. The third-order valence-electron chi connectivity index (χ3n) is 4.17. The minimum absolute atomic E-state index is 0.235. The summed E-state index contributed by atoms with van der Waals surface area (Å²) in [5.74, 6) is 0.822. The van der Waals surface area contributed by atoms with Crippen LogP contribution >= 0.6 is 15.9 Å². The Kier molecular flexibility index (Phi) is 4.86. The lowest BCUT2D eigenvalue weighted by Crippen LogP contribution is -2.42. The zero-order valence-electron chi connectivity index (χ0n) is 12.4. The minimum Gasteiger partial charge on any atom is -0.342 e. The molecule has 1 aliphatic rings. The molecule has 110 valence electrons.